The Labute approximate surface area is 474 Å². The van der Waals surface area contributed by atoms with E-state index in [-0.39, 0.29) is 44.6 Å². The summed E-state index contributed by atoms with van der Waals surface area (Å²) in [5.74, 6) is -15.1. The summed E-state index contributed by atoms with van der Waals surface area (Å²) in [5, 5.41) is 17.2. The van der Waals surface area contributed by atoms with Gasteiger partial charge in [0.2, 0.25) is 34.8 Å². The van der Waals surface area contributed by atoms with E-state index in [1.807, 2.05) is 133 Å². The van der Waals surface area contributed by atoms with E-state index in [4.69, 9.17) is 9.47 Å². The summed E-state index contributed by atoms with van der Waals surface area (Å²) in [7, 11) is 6.75. The van der Waals surface area contributed by atoms with Gasteiger partial charge in [-0.1, -0.05) is 133 Å². The standard InChI is InChI=1S/C35H28F5N3O4.C29H29N3O4/c1-41(42(2)35(45)46-19-26-24-12-6-4-10-22(24)23-11-5-7-13-25(23)26)18-21-17-20-9-3-8-14-27(20)43(21)16-15-28(44)47-34-32(39)30(37)29(36)31(38)33(34)40;1-30(18-21-17-20-9-3-8-14-27(20)32(21)16-15-28(33)34)31(2)29(35)36-19-26-24-12-6-4-10-22(24)23-11-5-7-13-25(23)26/h3-14,17,26H,15-16,18-19H2,1-2H3;3-14,17,26H,15-16,18-19H2,1-2H3,(H,33,34). The number of fused-ring (bicyclic) bond motifs is 8. The van der Waals surface area contributed by atoms with E-state index in [9.17, 15) is 46.2 Å². The van der Waals surface area contributed by atoms with Gasteiger partial charge in [0, 0.05) is 75.5 Å². The molecule has 0 saturated heterocycles. The lowest BCUT2D eigenvalue weighted by Crippen LogP contribution is -2.41. The number of hydrazine groups is 2. The van der Waals surface area contributed by atoms with Gasteiger partial charge in [-0.25, -0.2) is 42.8 Å². The number of aliphatic carboxylic acids is 1. The Bertz CT molecular complexity index is 3820. The lowest BCUT2D eigenvalue weighted by Gasteiger charge is -2.28. The van der Waals surface area contributed by atoms with E-state index >= 15 is 0 Å². The molecule has 2 amide bonds. The zero-order valence-corrected chi connectivity index (χ0v) is 45.7. The first kappa shape index (κ1) is 56.9. The molecule has 0 spiro atoms. The molecular weight excluding hydrogens is 1080 g/mol. The van der Waals surface area contributed by atoms with Crippen LogP contribution in [-0.4, -0.2) is 99.8 Å². The van der Waals surface area contributed by atoms with Crippen LogP contribution >= 0.6 is 0 Å². The smallest absolute Gasteiger partial charge is 0.424 e. The fourth-order valence-electron chi connectivity index (χ4n) is 10.9. The molecule has 0 unspecified atom stereocenters. The van der Waals surface area contributed by atoms with Crippen molar-refractivity contribution in [3.63, 3.8) is 0 Å². The fraction of sp³-hybridized carbons (Fsp3) is 0.219. The normalized spacial score (nSPS) is 12.4. The molecule has 1 N–H and O–H groups in total. The zero-order valence-electron chi connectivity index (χ0n) is 45.7. The van der Waals surface area contributed by atoms with Gasteiger partial charge in [0.25, 0.3) is 0 Å². The van der Waals surface area contributed by atoms with Crippen LogP contribution in [0.15, 0.2) is 158 Å². The second kappa shape index (κ2) is 24.4. The van der Waals surface area contributed by atoms with Gasteiger partial charge in [0.05, 0.1) is 25.9 Å². The number of carboxylic acids is 1. The third kappa shape index (κ3) is 11.6. The maximum Gasteiger partial charge on any atom is 0.424 e. The van der Waals surface area contributed by atoms with Crippen LogP contribution in [-0.2, 0) is 45.2 Å². The van der Waals surface area contributed by atoms with Gasteiger partial charge in [0.15, 0.2) is 0 Å². The lowest BCUT2D eigenvalue weighted by molar-refractivity contribution is -0.137. The molecule has 14 nitrogen and oxygen atoms in total. The largest absolute Gasteiger partial charge is 0.481 e. The molecular formula is C64H57F5N6O8. The molecule has 2 heterocycles. The average Bonchev–Trinajstić information content (AvgIpc) is 2.70. The van der Waals surface area contributed by atoms with Gasteiger partial charge in [-0.2, -0.15) is 8.78 Å². The molecule has 0 aliphatic heterocycles. The second-order valence-electron chi connectivity index (χ2n) is 20.2. The van der Waals surface area contributed by atoms with E-state index in [0.29, 0.717) is 24.3 Å². The monoisotopic (exact) mass is 1130 g/mol. The summed E-state index contributed by atoms with van der Waals surface area (Å²) in [5.41, 5.74) is 12.4. The minimum Gasteiger partial charge on any atom is -0.481 e. The van der Waals surface area contributed by atoms with Crippen LogP contribution in [0.25, 0.3) is 44.1 Å². The Morgan fingerprint density at radius 2 is 0.807 bits per heavy atom. The molecule has 0 saturated carbocycles. The van der Waals surface area contributed by atoms with Crippen molar-refractivity contribution in [2.24, 2.45) is 0 Å². The van der Waals surface area contributed by atoms with Gasteiger partial charge >= 0.3 is 24.1 Å². The van der Waals surface area contributed by atoms with E-state index in [2.05, 4.69) is 29.0 Å². The van der Waals surface area contributed by atoms with Crippen molar-refractivity contribution >= 4 is 45.9 Å². The Balaban J connectivity index is 0.000000192. The molecule has 0 fully saturated rings. The topological polar surface area (TPSA) is 139 Å². The molecule has 2 aliphatic carbocycles. The molecule has 0 radical (unpaired) electrons. The molecule has 426 valence electrons. The molecule has 11 rings (SSSR count). The highest BCUT2D eigenvalue weighted by molar-refractivity contribution is 5.84. The average molecular weight is 1130 g/mol. The van der Waals surface area contributed by atoms with E-state index < -0.39 is 65.4 Å². The number of benzene rings is 7. The van der Waals surface area contributed by atoms with Crippen LogP contribution in [0.2, 0.25) is 0 Å². The van der Waals surface area contributed by atoms with Crippen LogP contribution in [0.1, 0.15) is 58.3 Å². The van der Waals surface area contributed by atoms with Crippen molar-refractivity contribution in [1.29, 1.82) is 0 Å². The van der Waals surface area contributed by atoms with Crippen LogP contribution in [0, 0.1) is 29.1 Å². The van der Waals surface area contributed by atoms with Gasteiger partial charge in [0.1, 0.15) is 13.2 Å². The quantitative estimate of drug-likeness (QED) is 0.0234. The first-order valence-corrected chi connectivity index (χ1v) is 26.7. The summed E-state index contributed by atoms with van der Waals surface area (Å²) in [6, 6.07) is 51.5. The van der Waals surface area contributed by atoms with Crippen molar-refractivity contribution in [3.05, 3.63) is 220 Å². The van der Waals surface area contributed by atoms with Gasteiger partial charge < -0.3 is 28.5 Å². The minimum atomic E-state index is -2.35. The Morgan fingerprint density at radius 1 is 0.470 bits per heavy atom. The van der Waals surface area contributed by atoms with Gasteiger partial charge in [-0.05, 0) is 79.5 Å². The van der Waals surface area contributed by atoms with Crippen LogP contribution < -0.4 is 4.74 Å². The van der Waals surface area contributed by atoms with Crippen LogP contribution in [0.4, 0.5) is 31.5 Å². The van der Waals surface area contributed by atoms with Gasteiger partial charge in [-0.3, -0.25) is 9.59 Å². The Morgan fingerprint density at radius 3 is 1.19 bits per heavy atom. The van der Waals surface area contributed by atoms with Crippen molar-refractivity contribution in [2.45, 2.75) is 50.9 Å². The first-order chi connectivity index (χ1) is 40.0. The van der Waals surface area contributed by atoms with E-state index in [1.165, 1.54) is 32.3 Å². The predicted molar refractivity (Wildman–Crippen MR) is 301 cm³/mol. The number of amides is 2. The summed E-state index contributed by atoms with van der Waals surface area (Å²) in [4.78, 5) is 49.9. The molecule has 0 atom stereocenters. The summed E-state index contributed by atoms with van der Waals surface area (Å²) < 4.78 is 88.5. The minimum absolute atomic E-state index is 0.00129. The number of para-hydroxylation sites is 2. The predicted octanol–water partition coefficient (Wildman–Crippen LogP) is 12.9. The molecule has 83 heavy (non-hydrogen) atoms. The number of halogens is 5. The maximum absolute atomic E-state index is 14.1. The number of hydrogen-bond donors (Lipinski definition) is 1. The summed E-state index contributed by atoms with van der Waals surface area (Å²) >= 11 is 0. The highest BCUT2D eigenvalue weighted by atomic mass is 19.2. The number of carbonyl (C=O) groups excluding carboxylic acids is 3. The zero-order chi connectivity index (χ0) is 58.6. The molecule has 9 aromatic rings. The molecule has 7 aromatic carbocycles. The molecule has 2 aromatic heterocycles. The number of aromatic nitrogens is 2. The van der Waals surface area contributed by atoms with E-state index in [1.54, 1.807) is 47.9 Å². The van der Waals surface area contributed by atoms with Crippen LogP contribution in [0.5, 0.6) is 5.75 Å². The lowest BCUT2D eigenvalue weighted by atomic mass is 9.98. The summed E-state index contributed by atoms with van der Waals surface area (Å²) in [6.45, 7) is 1.30. The number of carbonyl (C=O) groups is 4. The Hall–Kier alpha value is -9.33. The highest BCUT2D eigenvalue weighted by Crippen LogP contribution is 2.46. The Kier molecular flexibility index (Phi) is 16.7. The highest BCUT2D eigenvalue weighted by Gasteiger charge is 2.33. The number of ether oxygens (including phenoxy) is 3. The summed E-state index contributed by atoms with van der Waals surface area (Å²) in [6.07, 6.45) is -1.45. The molecule has 0 bridgehead atoms. The number of nitrogens with zero attached hydrogens (tertiary/aromatic N) is 6. The number of esters is 1. The number of carboxylic acid groups (broad SMARTS) is 1. The third-order valence-corrected chi connectivity index (χ3v) is 15.3. The molecule has 19 heteroatoms. The number of hydrogen-bond acceptors (Lipinski definition) is 9. The fourth-order valence-corrected chi connectivity index (χ4v) is 10.9. The van der Waals surface area contributed by atoms with Crippen molar-refractivity contribution < 1.29 is 60.4 Å². The van der Waals surface area contributed by atoms with Crippen LogP contribution in [0.3, 0.4) is 0 Å². The van der Waals surface area contributed by atoms with Gasteiger partial charge in [-0.15, -0.1) is 0 Å². The first-order valence-electron chi connectivity index (χ1n) is 26.7. The third-order valence-electron chi connectivity index (χ3n) is 15.3. The van der Waals surface area contributed by atoms with Crippen molar-refractivity contribution in [3.8, 4) is 28.0 Å². The number of aryl methyl sites for hydroxylation is 2. The SMILES string of the molecule is CN(Cc1cc2ccccc2n1CCC(=O)O)N(C)C(=O)OCC1c2ccccc2-c2ccccc21.CN(Cc1cc2ccccc2n1CCC(=O)Oc1c(F)c(F)c(F)c(F)c1F)N(C)C(=O)OCC1c2ccccc2-c2ccccc21. The van der Waals surface area contributed by atoms with Crippen molar-refractivity contribution in [2.75, 3.05) is 41.4 Å². The van der Waals surface area contributed by atoms with E-state index in [0.717, 1.165) is 44.2 Å². The maximum atomic E-state index is 14.1. The van der Waals surface area contributed by atoms with Crippen molar-refractivity contribution in [1.82, 2.24) is 29.2 Å². The number of rotatable bonds is 17. The molecule has 2 aliphatic rings. The second-order valence-corrected chi connectivity index (χ2v) is 20.2.